The number of sulfonamides is 1. The molecule has 4 rings (SSSR count). The molecule has 1 amide bonds. The van der Waals surface area contributed by atoms with Crippen molar-refractivity contribution in [2.24, 2.45) is 0 Å². The van der Waals surface area contributed by atoms with Gasteiger partial charge in [-0.1, -0.05) is 18.2 Å². The highest BCUT2D eigenvalue weighted by Crippen LogP contribution is 2.36. The summed E-state index contributed by atoms with van der Waals surface area (Å²) in [7, 11) is -1.22. The van der Waals surface area contributed by atoms with E-state index in [-0.39, 0.29) is 28.3 Å². The van der Waals surface area contributed by atoms with Gasteiger partial charge < -0.3 is 9.47 Å². The molecule has 0 aliphatic heterocycles. The second kappa shape index (κ2) is 9.95. The number of ether oxygens (including phenoxy) is 2. The molecule has 0 saturated carbocycles. The number of hydroxylamine groups is 1. The Kier molecular flexibility index (Phi) is 6.80. The van der Waals surface area contributed by atoms with Crippen molar-refractivity contribution >= 4 is 32.5 Å². The molecule has 0 saturated heterocycles. The summed E-state index contributed by atoms with van der Waals surface area (Å²) in [4.78, 5) is 20.7. The number of fused-ring (bicyclic) bond motifs is 1. The molecule has 2 N–H and O–H groups in total. The maximum atomic E-state index is 13.9. The number of pyridine rings is 2. The van der Waals surface area contributed by atoms with Gasteiger partial charge in [0.2, 0.25) is 0 Å². The van der Waals surface area contributed by atoms with Gasteiger partial charge >= 0.3 is 0 Å². The Morgan fingerprint density at radius 3 is 2.46 bits per heavy atom. The maximum absolute atomic E-state index is 13.9. The van der Waals surface area contributed by atoms with Crippen LogP contribution in [0.25, 0.3) is 10.9 Å². The van der Waals surface area contributed by atoms with Gasteiger partial charge in [0, 0.05) is 17.8 Å². The molecule has 0 radical (unpaired) electrons. The van der Waals surface area contributed by atoms with Crippen molar-refractivity contribution in [1.82, 2.24) is 15.4 Å². The maximum Gasteiger partial charge on any atom is 0.293 e. The molecule has 0 unspecified atom stereocenters. The molecule has 10 nitrogen and oxygen atoms in total. The number of hydrogen-bond donors (Lipinski definition) is 2. The summed E-state index contributed by atoms with van der Waals surface area (Å²) >= 11 is 0. The van der Waals surface area contributed by atoms with Gasteiger partial charge in [-0.15, -0.1) is 0 Å². The van der Waals surface area contributed by atoms with Gasteiger partial charge in [0.25, 0.3) is 15.9 Å². The first-order chi connectivity index (χ1) is 16.9. The second-order valence-corrected chi connectivity index (χ2v) is 9.23. The molecule has 0 atom stereocenters. The third-order valence-electron chi connectivity index (χ3n) is 5.30. The summed E-state index contributed by atoms with van der Waals surface area (Å²) in [5.74, 6) is -0.0643. The van der Waals surface area contributed by atoms with E-state index in [1.54, 1.807) is 60.3 Å². The van der Waals surface area contributed by atoms with Gasteiger partial charge in [0.15, 0.2) is 0 Å². The Bertz CT molecular complexity index is 1460. The number of hydrogen-bond acceptors (Lipinski definition) is 8. The van der Waals surface area contributed by atoms with Crippen LogP contribution >= 0.6 is 0 Å². The molecule has 2 aromatic carbocycles. The fourth-order valence-electron chi connectivity index (χ4n) is 3.58. The molecule has 0 aliphatic carbocycles. The zero-order valence-electron chi connectivity index (χ0n) is 18.9. The zero-order valence-corrected chi connectivity index (χ0v) is 19.7. The smallest absolute Gasteiger partial charge is 0.293 e. The lowest BCUT2D eigenvalue weighted by molar-refractivity contribution is 0.0701. The molecular weight excluding hydrogens is 472 g/mol. The Balaban J connectivity index is 2.00. The topological polar surface area (TPSA) is 131 Å². The van der Waals surface area contributed by atoms with Gasteiger partial charge in [-0.3, -0.25) is 19.3 Å². The summed E-state index contributed by atoms with van der Waals surface area (Å²) in [5, 5.41) is 9.65. The van der Waals surface area contributed by atoms with E-state index in [9.17, 15) is 18.4 Å². The average molecular weight is 495 g/mol. The number of aromatic nitrogens is 2. The SMILES string of the molecule is COc1ccc(S(=O)(=O)N(Cc2cccnc2)c2cc(C(=O)NO)nc3c(OC)cccc23)cc1. The number of nitrogens with zero attached hydrogens (tertiary/aromatic N) is 3. The summed E-state index contributed by atoms with van der Waals surface area (Å²) in [6.07, 6.45) is 3.14. The number of benzene rings is 2. The first-order valence-electron chi connectivity index (χ1n) is 10.4. The van der Waals surface area contributed by atoms with Crippen LogP contribution in [0.3, 0.4) is 0 Å². The Labute approximate surface area is 201 Å². The Morgan fingerprint density at radius 2 is 1.83 bits per heavy atom. The van der Waals surface area contributed by atoms with E-state index in [2.05, 4.69) is 9.97 Å². The highest BCUT2D eigenvalue weighted by Gasteiger charge is 2.29. The predicted molar refractivity (Wildman–Crippen MR) is 128 cm³/mol. The van der Waals surface area contributed by atoms with Gasteiger partial charge in [-0.25, -0.2) is 18.9 Å². The van der Waals surface area contributed by atoms with Gasteiger partial charge in [-0.2, -0.15) is 0 Å². The predicted octanol–water partition coefficient (Wildman–Crippen LogP) is 3.16. The van der Waals surface area contributed by atoms with E-state index in [0.29, 0.717) is 22.4 Å². The van der Waals surface area contributed by atoms with Crippen molar-refractivity contribution in [3.63, 3.8) is 0 Å². The third-order valence-corrected chi connectivity index (χ3v) is 7.07. The number of carbonyl (C=O) groups excluding carboxylic acids is 1. The molecule has 0 spiro atoms. The van der Waals surface area contributed by atoms with Crippen molar-refractivity contribution in [2.45, 2.75) is 11.4 Å². The minimum absolute atomic E-state index is 0.0169. The highest BCUT2D eigenvalue weighted by molar-refractivity contribution is 7.92. The van der Waals surface area contributed by atoms with Crippen LogP contribution in [0, 0.1) is 0 Å². The van der Waals surface area contributed by atoms with E-state index < -0.39 is 15.9 Å². The van der Waals surface area contributed by atoms with Gasteiger partial charge in [0.1, 0.15) is 22.7 Å². The number of anilines is 1. The molecular formula is C24H22N4O6S. The lowest BCUT2D eigenvalue weighted by Gasteiger charge is -2.26. The fourth-order valence-corrected chi connectivity index (χ4v) is 5.04. The van der Waals surface area contributed by atoms with Crippen molar-refractivity contribution in [3.8, 4) is 11.5 Å². The van der Waals surface area contributed by atoms with Crippen LogP contribution < -0.4 is 19.3 Å². The normalized spacial score (nSPS) is 11.2. The lowest BCUT2D eigenvalue weighted by atomic mass is 10.1. The number of rotatable bonds is 8. The summed E-state index contributed by atoms with van der Waals surface area (Å²) in [6.45, 7) is -0.0846. The minimum atomic E-state index is -4.15. The van der Waals surface area contributed by atoms with E-state index in [0.717, 1.165) is 0 Å². The quantitative estimate of drug-likeness (QED) is 0.282. The van der Waals surface area contributed by atoms with Crippen LogP contribution in [0.1, 0.15) is 16.1 Å². The first-order valence-corrected chi connectivity index (χ1v) is 11.8. The fraction of sp³-hybridized carbons (Fsp3) is 0.125. The standard InChI is InChI=1S/C24H22N4O6S/c1-33-17-8-10-18(11-9-17)35(31,32)28(15-16-5-4-12-25-14-16)21-13-20(24(29)27-30)26-23-19(21)6-3-7-22(23)34-2/h3-14,30H,15H2,1-2H3,(H,27,29). The Morgan fingerprint density at radius 1 is 1.06 bits per heavy atom. The van der Waals surface area contributed by atoms with Gasteiger partial charge in [0.05, 0.1) is 31.3 Å². The molecule has 11 heteroatoms. The zero-order chi connectivity index (χ0) is 25.0. The van der Waals surface area contributed by atoms with Crippen molar-refractivity contribution in [2.75, 3.05) is 18.5 Å². The molecule has 2 heterocycles. The van der Waals surface area contributed by atoms with Gasteiger partial charge in [-0.05, 0) is 48.0 Å². The first kappa shape index (κ1) is 23.9. The number of carbonyl (C=O) groups is 1. The molecule has 180 valence electrons. The van der Waals surface area contributed by atoms with Crippen LogP contribution in [0.4, 0.5) is 5.69 Å². The molecule has 2 aromatic heterocycles. The molecule has 0 aliphatic rings. The van der Waals surface area contributed by atoms with Crippen molar-refractivity contribution < 1.29 is 27.9 Å². The minimum Gasteiger partial charge on any atom is -0.497 e. The van der Waals surface area contributed by atoms with E-state index >= 15 is 0 Å². The highest BCUT2D eigenvalue weighted by atomic mass is 32.2. The second-order valence-electron chi connectivity index (χ2n) is 7.37. The number of amides is 1. The summed E-state index contributed by atoms with van der Waals surface area (Å²) < 4.78 is 39.6. The monoisotopic (exact) mass is 494 g/mol. The van der Waals surface area contributed by atoms with Crippen molar-refractivity contribution in [1.29, 1.82) is 0 Å². The number of para-hydroxylation sites is 1. The van der Waals surface area contributed by atoms with E-state index in [1.807, 2.05) is 0 Å². The average Bonchev–Trinajstić information content (AvgIpc) is 2.90. The van der Waals surface area contributed by atoms with Crippen LogP contribution in [0.15, 0.2) is 78.0 Å². The summed E-state index contributed by atoms with van der Waals surface area (Å²) in [6, 6.07) is 15.8. The van der Waals surface area contributed by atoms with Crippen LogP contribution in [0.5, 0.6) is 11.5 Å². The molecule has 4 aromatic rings. The summed E-state index contributed by atoms with van der Waals surface area (Å²) in [5.41, 5.74) is 2.40. The van der Waals surface area contributed by atoms with Crippen LogP contribution in [-0.2, 0) is 16.6 Å². The van der Waals surface area contributed by atoms with Crippen molar-refractivity contribution in [3.05, 3.63) is 84.3 Å². The van der Waals surface area contributed by atoms with E-state index in [4.69, 9.17) is 9.47 Å². The van der Waals surface area contributed by atoms with Crippen LogP contribution in [0.2, 0.25) is 0 Å². The molecule has 35 heavy (non-hydrogen) atoms. The van der Waals surface area contributed by atoms with E-state index in [1.165, 1.54) is 36.7 Å². The largest absolute Gasteiger partial charge is 0.497 e. The number of methoxy groups -OCH3 is 2. The number of nitrogens with one attached hydrogen (secondary N) is 1. The Hall–Kier alpha value is -4.22. The molecule has 0 fully saturated rings. The lowest BCUT2D eigenvalue weighted by Crippen LogP contribution is -2.31. The third kappa shape index (κ3) is 4.72. The molecule has 0 bridgehead atoms. The van der Waals surface area contributed by atoms with Crippen LogP contribution in [-0.4, -0.2) is 43.7 Å².